The van der Waals surface area contributed by atoms with Crippen LogP contribution in [0.2, 0.25) is 0 Å². The van der Waals surface area contributed by atoms with Crippen LogP contribution in [0.1, 0.15) is 24.1 Å². The van der Waals surface area contributed by atoms with Crippen molar-refractivity contribution in [1.82, 2.24) is 4.98 Å². The van der Waals surface area contributed by atoms with E-state index >= 15 is 0 Å². The number of hydrogen-bond donors (Lipinski definition) is 1. The first-order valence-corrected chi connectivity index (χ1v) is 7.50. The first-order chi connectivity index (χ1) is 10.1. The van der Waals surface area contributed by atoms with E-state index in [4.69, 9.17) is 4.74 Å². The SMILES string of the molecule is CCOC(=O)C(Nc1cccc(Br)c1)c1cnccc1C. The Balaban J connectivity index is 2.33. The van der Waals surface area contributed by atoms with Crippen LogP contribution in [0.25, 0.3) is 0 Å². The number of carbonyl (C=O) groups excluding carboxylic acids is 1. The lowest BCUT2D eigenvalue weighted by atomic mass is 10.0. The molecule has 0 amide bonds. The highest BCUT2D eigenvalue weighted by atomic mass is 79.9. The van der Waals surface area contributed by atoms with Crippen molar-refractivity contribution in [1.29, 1.82) is 0 Å². The predicted molar refractivity (Wildman–Crippen MR) is 86.1 cm³/mol. The number of aryl methyl sites for hydroxylation is 1. The molecule has 0 saturated heterocycles. The van der Waals surface area contributed by atoms with E-state index < -0.39 is 6.04 Å². The Morgan fingerprint density at radius 1 is 1.43 bits per heavy atom. The smallest absolute Gasteiger partial charge is 0.333 e. The van der Waals surface area contributed by atoms with Gasteiger partial charge < -0.3 is 10.1 Å². The summed E-state index contributed by atoms with van der Waals surface area (Å²) in [4.78, 5) is 16.4. The van der Waals surface area contributed by atoms with E-state index in [0.29, 0.717) is 6.61 Å². The van der Waals surface area contributed by atoms with Crippen molar-refractivity contribution < 1.29 is 9.53 Å². The summed E-state index contributed by atoms with van der Waals surface area (Å²) in [6.45, 7) is 4.09. The van der Waals surface area contributed by atoms with Gasteiger partial charge in [0.15, 0.2) is 6.04 Å². The highest BCUT2D eigenvalue weighted by molar-refractivity contribution is 9.10. The molecule has 0 bridgehead atoms. The van der Waals surface area contributed by atoms with Crippen molar-refractivity contribution >= 4 is 27.6 Å². The Kier molecular flexibility index (Phi) is 5.33. The summed E-state index contributed by atoms with van der Waals surface area (Å²) in [5.41, 5.74) is 2.65. The fraction of sp³-hybridized carbons (Fsp3) is 0.250. The maximum atomic E-state index is 12.3. The number of esters is 1. The molecule has 1 N–H and O–H groups in total. The molecule has 21 heavy (non-hydrogen) atoms. The summed E-state index contributed by atoms with van der Waals surface area (Å²) in [6.07, 6.45) is 3.40. The molecule has 0 radical (unpaired) electrons. The minimum absolute atomic E-state index is 0.312. The van der Waals surface area contributed by atoms with E-state index in [1.807, 2.05) is 37.3 Å². The van der Waals surface area contributed by atoms with Gasteiger partial charge in [-0.2, -0.15) is 0 Å². The summed E-state index contributed by atoms with van der Waals surface area (Å²) in [5.74, 6) is -0.312. The third-order valence-electron chi connectivity index (χ3n) is 3.05. The Morgan fingerprint density at radius 2 is 2.24 bits per heavy atom. The van der Waals surface area contributed by atoms with E-state index in [1.165, 1.54) is 0 Å². The van der Waals surface area contributed by atoms with Gasteiger partial charge in [0.05, 0.1) is 6.61 Å². The Labute approximate surface area is 132 Å². The van der Waals surface area contributed by atoms with Crippen LogP contribution >= 0.6 is 15.9 Å². The van der Waals surface area contributed by atoms with E-state index in [9.17, 15) is 4.79 Å². The van der Waals surface area contributed by atoms with Gasteiger partial charge in [-0.1, -0.05) is 22.0 Å². The molecule has 0 aliphatic heterocycles. The van der Waals surface area contributed by atoms with Crippen molar-refractivity contribution in [2.45, 2.75) is 19.9 Å². The molecule has 5 heteroatoms. The lowest BCUT2D eigenvalue weighted by Gasteiger charge is -2.20. The van der Waals surface area contributed by atoms with Crippen molar-refractivity contribution in [2.24, 2.45) is 0 Å². The quantitative estimate of drug-likeness (QED) is 0.833. The maximum absolute atomic E-state index is 12.3. The normalized spacial score (nSPS) is 11.8. The number of rotatable bonds is 5. The Hall–Kier alpha value is -1.88. The second-order valence-corrected chi connectivity index (χ2v) is 5.49. The second-order valence-electron chi connectivity index (χ2n) is 4.57. The summed E-state index contributed by atoms with van der Waals surface area (Å²) >= 11 is 3.42. The summed E-state index contributed by atoms with van der Waals surface area (Å²) in [5, 5.41) is 3.22. The lowest BCUT2D eigenvalue weighted by molar-refractivity contribution is -0.144. The molecule has 1 aromatic carbocycles. The first kappa shape index (κ1) is 15.5. The third kappa shape index (κ3) is 4.04. The van der Waals surface area contributed by atoms with Crippen molar-refractivity contribution in [2.75, 3.05) is 11.9 Å². The first-order valence-electron chi connectivity index (χ1n) is 6.71. The van der Waals surface area contributed by atoms with Crippen molar-refractivity contribution in [3.8, 4) is 0 Å². The number of hydrogen-bond acceptors (Lipinski definition) is 4. The van der Waals surface area contributed by atoms with Crippen LogP contribution < -0.4 is 5.32 Å². The highest BCUT2D eigenvalue weighted by Crippen LogP contribution is 2.25. The third-order valence-corrected chi connectivity index (χ3v) is 3.54. The maximum Gasteiger partial charge on any atom is 0.333 e. The van der Waals surface area contributed by atoms with Gasteiger partial charge in [0.2, 0.25) is 0 Å². The van der Waals surface area contributed by atoms with Crippen LogP contribution in [0.3, 0.4) is 0 Å². The molecule has 0 saturated carbocycles. The van der Waals surface area contributed by atoms with Crippen LogP contribution in [0, 0.1) is 6.92 Å². The molecule has 1 atom stereocenters. The number of pyridine rings is 1. The Bertz CT molecular complexity index is 631. The van der Waals surface area contributed by atoms with Gasteiger partial charge >= 0.3 is 5.97 Å². The van der Waals surface area contributed by atoms with Gasteiger partial charge in [-0.05, 0) is 43.7 Å². The van der Waals surface area contributed by atoms with Crippen LogP contribution in [-0.4, -0.2) is 17.6 Å². The minimum atomic E-state index is -0.576. The monoisotopic (exact) mass is 348 g/mol. The molecular formula is C16H17BrN2O2. The van der Waals surface area contributed by atoms with Gasteiger partial charge in [0.25, 0.3) is 0 Å². The van der Waals surface area contributed by atoms with Gasteiger partial charge in [0.1, 0.15) is 0 Å². The number of aromatic nitrogens is 1. The fourth-order valence-electron chi connectivity index (χ4n) is 2.01. The van der Waals surface area contributed by atoms with Gasteiger partial charge in [-0.15, -0.1) is 0 Å². The molecule has 0 fully saturated rings. The van der Waals surface area contributed by atoms with Crippen LogP contribution in [0.5, 0.6) is 0 Å². The largest absolute Gasteiger partial charge is 0.464 e. The van der Waals surface area contributed by atoms with Crippen LogP contribution in [-0.2, 0) is 9.53 Å². The molecule has 110 valence electrons. The molecule has 2 rings (SSSR count). The highest BCUT2D eigenvalue weighted by Gasteiger charge is 2.23. The van der Waals surface area contributed by atoms with E-state index in [1.54, 1.807) is 19.3 Å². The molecule has 1 heterocycles. The summed E-state index contributed by atoms with van der Waals surface area (Å²) < 4.78 is 6.12. The number of carbonyl (C=O) groups is 1. The molecular weight excluding hydrogens is 332 g/mol. The zero-order chi connectivity index (χ0) is 15.2. The summed E-state index contributed by atoms with van der Waals surface area (Å²) in [7, 11) is 0. The van der Waals surface area contributed by atoms with Gasteiger partial charge in [0, 0.05) is 28.1 Å². The van der Waals surface area contributed by atoms with E-state index in [2.05, 4.69) is 26.2 Å². The predicted octanol–water partition coefficient (Wildman–Crippen LogP) is 3.87. The molecule has 1 aromatic heterocycles. The second kappa shape index (κ2) is 7.22. The molecule has 0 aliphatic rings. The number of nitrogens with zero attached hydrogens (tertiary/aromatic N) is 1. The molecule has 2 aromatic rings. The molecule has 0 aliphatic carbocycles. The number of nitrogens with one attached hydrogen (secondary N) is 1. The molecule has 4 nitrogen and oxygen atoms in total. The van der Waals surface area contributed by atoms with Crippen molar-refractivity contribution in [3.63, 3.8) is 0 Å². The standard InChI is InChI=1S/C16H17BrN2O2/c1-3-21-16(20)15(14-10-18-8-7-11(14)2)19-13-6-4-5-12(17)9-13/h4-10,15,19H,3H2,1-2H3. The molecule has 0 spiro atoms. The molecule has 1 unspecified atom stereocenters. The lowest BCUT2D eigenvalue weighted by Crippen LogP contribution is -2.24. The van der Waals surface area contributed by atoms with E-state index in [0.717, 1.165) is 21.3 Å². The number of ether oxygens (including phenoxy) is 1. The number of benzene rings is 1. The Morgan fingerprint density at radius 3 is 2.90 bits per heavy atom. The average molecular weight is 349 g/mol. The topological polar surface area (TPSA) is 51.2 Å². The van der Waals surface area contributed by atoms with Gasteiger partial charge in [-0.3, -0.25) is 4.98 Å². The average Bonchev–Trinajstić information content (AvgIpc) is 2.46. The van der Waals surface area contributed by atoms with Crippen molar-refractivity contribution in [3.05, 3.63) is 58.3 Å². The zero-order valence-corrected chi connectivity index (χ0v) is 13.6. The van der Waals surface area contributed by atoms with Gasteiger partial charge in [-0.25, -0.2) is 4.79 Å². The van der Waals surface area contributed by atoms with Crippen LogP contribution in [0.4, 0.5) is 5.69 Å². The summed E-state index contributed by atoms with van der Waals surface area (Å²) in [6, 6.07) is 8.96. The number of halogens is 1. The van der Waals surface area contributed by atoms with E-state index in [-0.39, 0.29) is 5.97 Å². The number of anilines is 1. The fourth-order valence-corrected chi connectivity index (χ4v) is 2.41. The zero-order valence-electron chi connectivity index (χ0n) is 12.0. The minimum Gasteiger partial charge on any atom is -0.464 e. The van der Waals surface area contributed by atoms with Crippen LogP contribution in [0.15, 0.2) is 47.2 Å².